The molecule has 1 unspecified atom stereocenters. The van der Waals surface area contributed by atoms with Gasteiger partial charge in [0.2, 0.25) is 5.91 Å². The van der Waals surface area contributed by atoms with Crippen LogP contribution in [0, 0.1) is 5.92 Å². The fraction of sp³-hybridized carbons (Fsp3) is 0.588. The van der Waals surface area contributed by atoms with Crippen LogP contribution >= 0.6 is 0 Å². The maximum Gasteiger partial charge on any atom is 0.223 e. The Kier molecular flexibility index (Phi) is 3.92. The lowest BCUT2D eigenvalue weighted by Crippen LogP contribution is -2.43. The maximum atomic E-state index is 12.2. The van der Waals surface area contributed by atoms with Crippen LogP contribution in [-0.4, -0.2) is 11.4 Å². The predicted octanol–water partition coefficient (Wildman–Crippen LogP) is 2.73. The summed E-state index contributed by atoms with van der Waals surface area (Å²) in [6, 6.07) is 8.27. The van der Waals surface area contributed by atoms with Crippen molar-refractivity contribution >= 4 is 5.91 Å². The zero-order valence-corrected chi connectivity index (χ0v) is 13.0. The minimum atomic E-state index is -0.184. The standard InChI is InChI=1S/C17H26N2O/c1-12(15(20)19-16(2,3)4)11-13-7-5-6-8-14(13)17(18)9-10-17/h5-8,12H,9-11,18H2,1-4H3,(H,19,20). The Bertz CT molecular complexity index is 498. The van der Waals surface area contributed by atoms with Crippen molar-refractivity contribution in [3.05, 3.63) is 35.4 Å². The van der Waals surface area contributed by atoms with Gasteiger partial charge in [0.15, 0.2) is 0 Å². The van der Waals surface area contributed by atoms with Crippen molar-refractivity contribution in [2.75, 3.05) is 0 Å². The zero-order chi connectivity index (χ0) is 15.0. The van der Waals surface area contributed by atoms with Crippen LogP contribution in [0.1, 0.15) is 51.7 Å². The molecule has 1 atom stereocenters. The number of nitrogens with one attached hydrogen (secondary N) is 1. The molecule has 0 radical (unpaired) electrons. The fourth-order valence-electron chi connectivity index (χ4n) is 2.50. The van der Waals surface area contributed by atoms with Crippen molar-refractivity contribution in [3.8, 4) is 0 Å². The third-order valence-electron chi connectivity index (χ3n) is 3.81. The second kappa shape index (κ2) is 5.21. The Morgan fingerprint density at radius 2 is 1.95 bits per heavy atom. The number of amides is 1. The van der Waals surface area contributed by atoms with Crippen LogP contribution in [0.2, 0.25) is 0 Å². The number of nitrogens with two attached hydrogens (primary N) is 1. The van der Waals surface area contributed by atoms with Gasteiger partial charge in [-0.05, 0) is 51.2 Å². The largest absolute Gasteiger partial charge is 0.351 e. The van der Waals surface area contributed by atoms with Gasteiger partial charge in [-0.25, -0.2) is 0 Å². The lowest BCUT2D eigenvalue weighted by molar-refractivity contribution is -0.125. The summed E-state index contributed by atoms with van der Waals surface area (Å²) in [7, 11) is 0. The number of hydrogen-bond acceptors (Lipinski definition) is 2. The van der Waals surface area contributed by atoms with Gasteiger partial charge < -0.3 is 11.1 Å². The van der Waals surface area contributed by atoms with Gasteiger partial charge in [0, 0.05) is 17.0 Å². The quantitative estimate of drug-likeness (QED) is 0.887. The Morgan fingerprint density at radius 3 is 2.50 bits per heavy atom. The van der Waals surface area contributed by atoms with Crippen molar-refractivity contribution in [3.63, 3.8) is 0 Å². The van der Waals surface area contributed by atoms with Gasteiger partial charge in [0.25, 0.3) is 0 Å². The molecule has 1 aliphatic rings. The van der Waals surface area contributed by atoms with Crippen molar-refractivity contribution in [1.29, 1.82) is 0 Å². The first-order chi connectivity index (χ1) is 9.21. The fourth-order valence-corrected chi connectivity index (χ4v) is 2.50. The maximum absolute atomic E-state index is 12.2. The average molecular weight is 274 g/mol. The van der Waals surface area contributed by atoms with Crippen molar-refractivity contribution < 1.29 is 4.79 Å². The van der Waals surface area contributed by atoms with E-state index in [2.05, 4.69) is 17.4 Å². The molecule has 0 saturated heterocycles. The molecule has 1 aliphatic carbocycles. The topological polar surface area (TPSA) is 55.1 Å². The van der Waals surface area contributed by atoms with Crippen LogP contribution in [0.25, 0.3) is 0 Å². The molecule has 1 saturated carbocycles. The number of carbonyl (C=O) groups is 1. The van der Waals surface area contributed by atoms with E-state index in [0.717, 1.165) is 19.3 Å². The van der Waals surface area contributed by atoms with E-state index in [1.807, 2.05) is 39.8 Å². The summed E-state index contributed by atoms with van der Waals surface area (Å²) >= 11 is 0. The predicted molar refractivity (Wildman–Crippen MR) is 82.3 cm³/mol. The number of hydrogen-bond donors (Lipinski definition) is 2. The van der Waals surface area contributed by atoms with E-state index >= 15 is 0 Å². The highest BCUT2D eigenvalue weighted by Crippen LogP contribution is 2.44. The SMILES string of the molecule is CC(Cc1ccccc1C1(N)CC1)C(=O)NC(C)(C)C. The molecule has 0 heterocycles. The van der Waals surface area contributed by atoms with Crippen LogP contribution < -0.4 is 11.1 Å². The summed E-state index contributed by atoms with van der Waals surface area (Å²) in [4.78, 5) is 12.2. The second-order valence-electron chi connectivity index (χ2n) is 7.16. The number of carbonyl (C=O) groups excluding carboxylic acids is 1. The van der Waals surface area contributed by atoms with E-state index in [1.54, 1.807) is 0 Å². The van der Waals surface area contributed by atoms with E-state index in [0.29, 0.717) is 0 Å². The van der Waals surface area contributed by atoms with E-state index in [-0.39, 0.29) is 22.9 Å². The Balaban J connectivity index is 2.09. The molecule has 2 rings (SSSR count). The third-order valence-corrected chi connectivity index (χ3v) is 3.81. The second-order valence-corrected chi connectivity index (χ2v) is 7.16. The molecular formula is C17H26N2O. The van der Waals surface area contributed by atoms with Crippen molar-refractivity contribution in [1.82, 2.24) is 5.32 Å². The van der Waals surface area contributed by atoms with Gasteiger partial charge in [-0.15, -0.1) is 0 Å². The molecule has 20 heavy (non-hydrogen) atoms. The molecule has 0 spiro atoms. The van der Waals surface area contributed by atoms with Crippen LogP contribution in [-0.2, 0) is 16.8 Å². The van der Waals surface area contributed by atoms with Crippen LogP contribution in [0.4, 0.5) is 0 Å². The zero-order valence-electron chi connectivity index (χ0n) is 13.0. The first kappa shape index (κ1) is 15.0. The molecule has 3 heteroatoms. The molecule has 0 aromatic heterocycles. The molecule has 0 bridgehead atoms. The highest BCUT2D eigenvalue weighted by molar-refractivity contribution is 5.79. The van der Waals surface area contributed by atoms with Crippen LogP contribution in [0.15, 0.2) is 24.3 Å². The van der Waals surface area contributed by atoms with Crippen molar-refractivity contribution in [2.45, 2.75) is 58.0 Å². The molecule has 3 N–H and O–H groups in total. The van der Waals surface area contributed by atoms with Gasteiger partial charge in [0.05, 0.1) is 0 Å². The molecule has 1 amide bonds. The smallest absolute Gasteiger partial charge is 0.223 e. The highest BCUT2D eigenvalue weighted by atomic mass is 16.2. The van der Waals surface area contributed by atoms with Gasteiger partial charge in [-0.1, -0.05) is 31.2 Å². The molecule has 1 fully saturated rings. The third kappa shape index (κ3) is 3.60. The monoisotopic (exact) mass is 274 g/mol. The summed E-state index contributed by atoms with van der Waals surface area (Å²) in [6.45, 7) is 7.99. The van der Waals surface area contributed by atoms with E-state index in [1.165, 1.54) is 11.1 Å². The van der Waals surface area contributed by atoms with E-state index < -0.39 is 0 Å². The summed E-state index contributed by atoms with van der Waals surface area (Å²) in [5, 5.41) is 3.04. The molecular weight excluding hydrogens is 248 g/mol. The number of rotatable bonds is 4. The van der Waals surface area contributed by atoms with Gasteiger partial charge >= 0.3 is 0 Å². The minimum absolute atomic E-state index is 0.0438. The lowest BCUT2D eigenvalue weighted by atomic mass is 9.91. The Labute approximate surface area is 121 Å². The first-order valence-corrected chi connectivity index (χ1v) is 7.41. The van der Waals surface area contributed by atoms with Gasteiger partial charge in [0.1, 0.15) is 0 Å². The molecule has 110 valence electrons. The highest BCUT2D eigenvalue weighted by Gasteiger charge is 2.41. The van der Waals surface area contributed by atoms with Gasteiger partial charge in [-0.2, -0.15) is 0 Å². The van der Waals surface area contributed by atoms with Crippen LogP contribution in [0.5, 0.6) is 0 Å². The van der Waals surface area contributed by atoms with Crippen LogP contribution in [0.3, 0.4) is 0 Å². The minimum Gasteiger partial charge on any atom is -0.351 e. The normalized spacial score (nSPS) is 18.4. The first-order valence-electron chi connectivity index (χ1n) is 7.41. The molecule has 1 aromatic carbocycles. The molecule has 3 nitrogen and oxygen atoms in total. The van der Waals surface area contributed by atoms with E-state index in [9.17, 15) is 4.79 Å². The summed E-state index contributed by atoms with van der Waals surface area (Å²) in [6.07, 6.45) is 2.84. The van der Waals surface area contributed by atoms with E-state index in [4.69, 9.17) is 5.73 Å². The Hall–Kier alpha value is -1.35. The Morgan fingerprint density at radius 1 is 1.35 bits per heavy atom. The summed E-state index contributed by atoms with van der Waals surface area (Å²) < 4.78 is 0. The lowest BCUT2D eigenvalue weighted by Gasteiger charge is -2.24. The number of benzene rings is 1. The van der Waals surface area contributed by atoms with Crippen molar-refractivity contribution in [2.24, 2.45) is 11.7 Å². The summed E-state index contributed by atoms with van der Waals surface area (Å²) in [5.41, 5.74) is 8.43. The summed E-state index contributed by atoms with van der Waals surface area (Å²) in [5.74, 6) is 0.0619. The van der Waals surface area contributed by atoms with Gasteiger partial charge in [-0.3, -0.25) is 4.79 Å². The molecule has 1 aromatic rings. The molecule has 0 aliphatic heterocycles. The average Bonchev–Trinajstić information content (AvgIpc) is 3.07.